The Bertz CT molecular complexity index is 999. The molecule has 2 N–H and O–H groups in total. The summed E-state index contributed by atoms with van der Waals surface area (Å²) in [6.07, 6.45) is -1.22. The third kappa shape index (κ3) is 5.01. The molecule has 0 aliphatic heterocycles. The number of hydrogen-bond donors (Lipinski definition) is 2. The fourth-order valence-corrected chi connectivity index (χ4v) is 2.57. The van der Waals surface area contributed by atoms with E-state index in [0.717, 1.165) is 24.3 Å². The van der Waals surface area contributed by atoms with Gasteiger partial charge in [0.2, 0.25) is 5.91 Å². The van der Waals surface area contributed by atoms with Gasteiger partial charge in [-0.1, -0.05) is 6.07 Å². The summed E-state index contributed by atoms with van der Waals surface area (Å²) in [5.74, 6) is -0.855. The van der Waals surface area contributed by atoms with Crippen LogP contribution in [0.25, 0.3) is 0 Å². The highest BCUT2D eigenvalue weighted by molar-refractivity contribution is 6.04. The maximum Gasteiger partial charge on any atom is 0.416 e. The van der Waals surface area contributed by atoms with Crippen molar-refractivity contribution in [1.29, 1.82) is 0 Å². The smallest absolute Gasteiger partial charge is 0.324 e. The number of carbonyl (C=O) groups excluding carboxylic acids is 2. The molecule has 0 saturated carbocycles. The zero-order valence-electron chi connectivity index (χ0n) is 15.3. The third-order valence-corrected chi connectivity index (χ3v) is 4.16. The average molecular weight is 402 g/mol. The zero-order chi connectivity index (χ0) is 21.0. The van der Waals surface area contributed by atoms with E-state index in [1.54, 1.807) is 49.6 Å². The normalized spacial score (nSPS) is 12.3. The minimum atomic E-state index is -4.46. The van der Waals surface area contributed by atoms with E-state index < -0.39 is 23.7 Å². The van der Waals surface area contributed by atoms with E-state index in [-0.39, 0.29) is 11.5 Å². The van der Waals surface area contributed by atoms with Crippen molar-refractivity contribution in [3.05, 3.63) is 78.1 Å². The number of anilines is 2. The Balaban J connectivity index is 1.66. The number of nitrogens with zero attached hydrogens (tertiary/aromatic N) is 2. The number of aromatic nitrogens is 2. The summed E-state index contributed by atoms with van der Waals surface area (Å²) < 4.78 is 39.4. The number of alkyl halides is 3. The lowest BCUT2D eigenvalue weighted by molar-refractivity contribution is -0.137. The Morgan fingerprint density at radius 2 is 1.66 bits per heavy atom. The van der Waals surface area contributed by atoms with Crippen LogP contribution in [0.15, 0.2) is 67.0 Å². The molecule has 0 aliphatic rings. The van der Waals surface area contributed by atoms with E-state index in [1.807, 2.05) is 0 Å². The summed E-state index contributed by atoms with van der Waals surface area (Å²) in [5, 5.41) is 9.35. The van der Waals surface area contributed by atoms with E-state index in [4.69, 9.17) is 0 Å². The molecule has 1 heterocycles. The molecule has 2 aromatic carbocycles. The van der Waals surface area contributed by atoms with Gasteiger partial charge in [0, 0.05) is 29.3 Å². The van der Waals surface area contributed by atoms with Gasteiger partial charge in [0.15, 0.2) is 0 Å². The molecular formula is C20H17F3N4O2. The van der Waals surface area contributed by atoms with Crippen molar-refractivity contribution in [2.45, 2.75) is 19.1 Å². The molecule has 0 spiro atoms. The summed E-state index contributed by atoms with van der Waals surface area (Å²) >= 11 is 0. The van der Waals surface area contributed by atoms with Crippen LogP contribution in [0.1, 0.15) is 28.9 Å². The van der Waals surface area contributed by atoms with Crippen molar-refractivity contribution in [2.75, 3.05) is 10.6 Å². The SMILES string of the molecule is CC(C(=O)Nc1cccc(NC(=O)c2ccc(C(F)(F)F)cc2)c1)n1cccn1. The van der Waals surface area contributed by atoms with Gasteiger partial charge in [-0.25, -0.2) is 0 Å². The number of halogens is 3. The molecule has 29 heavy (non-hydrogen) atoms. The molecular weight excluding hydrogens is 385 g/mol. The van der Waals surface area contributed by atoms with Crippen molar-refractivity contribution in [2.24, 2.45) is 0 Å². The molecule has 1 unspecified atom stereocenters. The fourth-order valence-electron chi connectivity index (χ4n) is 2.57. The molecule has 150 valence electrons. The number of carbonyl (C=O) groups is 2. The molecule has 0 fully saturated rings. The van der Waals surface area contributed by atoms with Crippen LogP contribution < -0.4 is 10.6 Å². The Labute approximate surface area is 164 Å². The summed E-state index contributed by atoms with van der Waals surface area (Å²) in [4.78, 5) is 24.6. The number of hydrogen-bond acceptors (Lipinski definition) is 3. The quantitative estimate of drug-likeness (QED) is 0.666. The Kier molecular flexibility index (Phi) is 5.67. The monoisotopic (exact) mass is 402 g/mol. The molecule has 1 aromatic heterocycles. The maximum atomic E-state index is 12.6. The van der Waals surface area contributed by atoms with Crippen LogP contribution in [0.5, 0.6) is 0 Å². The van der Waals surface area contributed by atoms with Crippen LogP contribution in [-0.4, -0.2) is 21.6 Å². The predicted molar refractivity (Wildman–Crippen MR) is 101 cm³/mol. The molecule has 6 nitrogen and oxygen atoms in total. The third-order valence-electron chi connectivity index (χ3n) is 4.16. The van der Waals surface area contributed by atoms with Crippen LogP contribution >= 0.6 is 0 Å². The topological polar surface area (TPSA) is 76.0 Å². The number of nitrogens with one attached hydrogen (secondary N) is 2. The van der Waals surface area contributed by atoms with Crippen molar-refractivity contribution in [1.82, 2.24) is 9.78 Å². The highest BCUT2D eigenvalue weighted by atomic mass is 19.4. The van der Waals surface area contributed by atoms with Crippen LogP contribution in [0, 0.1) is 0 Å². The van der Waals surface area contributed by atoms with Gasteiger partial charge < -0.3 is 10.6 Å². The standard InChI is InChI=1S/C20H17F3N4O2/c1-13(27-11-3-10-24-27)18(28)25-16-4-2-5-17(12-16)26-19(29)14-6-8-15(9-7-14)20(21,22)23/h2-13H,1H3,(H,25,28)(H,26,29). The predicted octanol–water partition coefficient (Wildman–Crippen LogP) is 4.35. The average Bonchev–Trinajstić information content (AvgIpc) is 3.22. The van der Waals surface area contributed by atoms with Gasteiger partial charge in [0.25, 0.3) is 5.91 Å². The summed E-state index contributed by atoms with van der Waals surface area (Å²) in [5.41, 5.74) is 0.100. The van der Waals surface area contributed by atoms with Gasteiger partial charge in [-0.05, 0) is 55.5 Å². The molecule has 3 aromatic rings. The lowest BCUT2D eigenvalue weighted by Gasteiger charge is -2.13. The Hall–Kier alpha value is -3.62. The number of rotatable bonds is 5. The van der Waals surface area contributed by atoms with Crippen LogP contribution in [0.4, 0.5) is 24.5 Å². The first kappa shape index (κ1) is 20.1. The Morgan fingerprint density at radius 3 is 2.24 bits per heavy atom. The fraction of sp³-hybridized carbons (Fsp3) is 0.150. The first-order valence-corrected chi connectivity index (χ1v) is 8.63. The van der Waals surface area contributed by atoms with Gasteiger partial charge in [0.1, 0.15) is 6.04 Å². The van der Waals surface area contributed by atoms with E-state index in [2.05, 4.69) is 15.7 Å². The Morgan fingerprint density at radius 1 is 1.00 bits per heavy atom. The van der Waals surface area contributed by atoms with Crippen molar-refractivity contribution in [3.8, 4) is 0 Å². The van der Waals surface area contributed by atoms with Gasteiger partial charge in [-0.3, -0.25) is 14.3 Å². The lowest BCUT2D eigenvalue weighted by atomic mass is 10.1. The van der Waals surface area contributed by atoms with Gasteiger partial charge >= 0.3 is 6.18 Å². The van der Waals surface area contributed by atoms with Crippen LogP contribution in [-0.2, 0) is 11.0 Å². The zero-order valence-corrected chi connectivity index (χ0v) is 15.3. The second-order valence-electron chi connectivity index (χ2n) is 6.26. The van der Waals surface area contributed by atoms with Crippen LogP contribution in [0.3, 0.4) is 0 Å². The molecule has 0 radical (unpaired) electrons. The maximum absolute atomic E-state index is 12.6. The van der Waals surface area contributed by atoms with E-state index in [0.29, 0.717) is 11.4 Å². The molecule has 0 saturated heterocycles. The lowest BCUT2D eigenvalue weighted by Crippen LogP contribution is -2.24. The van der Waals surface area contributed by atoms with Crippen molar-refractivity contribution >= 4 is 23.2 Å². The summed E-state index contributed by atoms with van der Waals surface area (Å²) in [6, 6.07) is 11.5. The van der Waals surface area contributed by atoms with Gasteiger partial charge in [0.05, 0.1) is 5.56 Å². The second kappa shape index (κ2) is 8.17. The van der Waals surface area contributed by atoms with Gasteiger partial charge in [-0.15, -0.1) is 0 Å². The second-order valence-corrected chi connectivity index (χ2v) is 6.26. The highest BCUT2D eigenvalue weighted by Gasteiger charge is 2.30. The molecule has 0 aliphatic carbocycles. The first-order chi connectivity index (χ1) is 13.7. The highest BCUT2D eigenvalue weighted by Crippen LogP contribution is 2.29. The molecule has 9 heteroatoms. The minimum Gasteiger partial charge on any atom is -0.324 e. The molecule has 1 atom stereocenters. The molecule has 3 rings (SSSR count). The molecule has 0 bridgehead atoms. The first-order valence-electron chi connectivity index (χ1n) is 8.63. The summed E-state index contributed by atoms with van der Waals surface area (Å²) in [6.45, 7) is 1.69. The van der Waals surface area contributed by atoms with Crippen molar-refractivity contribution in [3.63, 3.8) is 0 Å². The van der Waals surface area contributed by atoms with E-state index in [1.165, 1.54) is 4.68 Å². The van der Waals surface area contributed by atoms with E-state index in [9.17, 15) is 22.8 Å². The summed E-state index contributed by atoms with van der Waals surface area (Å²) in [7, 11) is 0. The van der Waals surface area contributed by atoms with Crippen molar-refractivity contribution < 1.29 is 22.8 Å². The molecule has 2 amide bonds. The number of benzene rings is 2. The van der Waals surface area contributed by atoms with Gasteiger partial charge in [-0.2, -0.15) is 18.3 Å². The number of amides is 2. The largest absolute Gasteiger partial charge is 0.416 e. The van der Waals surface area contributed by atoms with Crippen LogP contribution in [0.2, 0.25) is 0 Å². The minimum absolute atomic E-state index is 0.0831. The van der Waals surface area contributed by atoms with E-state index >= 15 is 0 Å².